The maximum Gasteiger partial charge on any atom is 0.223 e. The number of tetrazole rings is 1. The molecule has 0 saturated carbocycles. The van der Waals surface area contributed by atoms with Crippen LogP contribution in [-0.2, 0) is 27.2 Å². The molecule has 3 rings (SSSR count). The van der Waals surface area contributed by atoms with Crippen LogP contribution in [0.4, 0.5) is 0 Å². The predicted molar refractivity (Wildman–Crippen MR) is 85.3 cm³/mol. The molecule has 1 atom stereocenters. The van der Waals surface area contributed by atoms with E-state index in [1.807, 2.05) is 0 Å². The molecule has 0 radical (unpaired) electrons. The van der Waals surface area contributed by atoms with Crippen molar-refractivity contribution in [3.63, 3.8) is 0 Å². The first kappa shape index (κ1) is 17.4. The minimum Gasteiger partial charge on any atom is -0.383 e. The van der Waals surface area contributed by atoms with Crippen molar-refractivity contribution in [2.24, 2.45) is 0 Å². The molecule has 0 aromatic carbocycles. The molecular formula is C15H21N7O3. The van der Waals surface area contributed by atoms with Gasteiger partial charge in [0.25, 0.3) is 0 Å². The van der Waals surface area contributed by atoms with Gasteiger partial charge in [-0.1, -0.05) is 0 Å². The number of carbonyl (C=O) groups excluding carboxylic acids is 1. The zero-order chi connectivity index (χ0) is 17.5. The van der Waals surface area contributed by atoms with Gasteiger partial charge >= 0.3 is 0 Å². The third-order valence-electron chi connectivity index (χ3n) is 3.88. The van der Waals surface area contributed by atoms with Crippen LogP contribution in [0, 0.1) is 0 Å². The summed E-state index contributed by atoms with van der Waals surface area (Å²) in [6.07, 6.45) is 5.52. The van der Waals surface area contributed by atoms with E-state index in [0.717, 1.165) is 5.69 Å². The Morgan fingerprint density at radius 3 is 3.16 bits per heavy atom. The van der Waals surface area contributed by atoms with E-state index >= 15 is 0 Å². The quantitative estimate of drug-likeness (QED) is 0.668. The fourth-order valence-electron chi connectivity index (χ4n) is 2.54. The summed E-state index contributed by atoms with van der Waals surface area (Å²) in [5.74, 6) is 0.549. The Morgan fingerprint density at radius 1 is 1.44 bits per heavy atom. The fraction of sp³-hybridized carbons (Fsp3) is 0.600. The first-order valence-corrected chi connectivity index (χ1v) is 8.17. The van der Waals surface area contributed by atoms with Crippen molar-refractivity contribution in [2.75, 3.05) is 33.4 Å². The molecule has 10 heteroatoms. The van der Waals surface area contributed by atoms with E-state index in [1.54, 1.807) is 30.6 Å². The van der Waals surface area contributed by atoms with Crippen molar-refractivity contribution >= 4 is 5.91 Å². The van der Waals surface area contributed by atoms with Crippen LogP contribution >= 0.6 is 0 Å². The Bertz CT molecular complexity index is 679. The Morgan fingerprint density at radius 2 is 2.36 bits per heavy atom. The number of aryl methyl sites for hydroxylation is 1. The normalized spacial score (nSPS) is 17.6. The van der Waals surface area contributed by atoms with Crippen LogP contribution in [0.25, 0.3) is 0 Å². The molecule has 0 aliphatic carbocycles. The van der Waals surface area contributed by atoms with Gasteiger partial charge in [-0.3, -0.25) is 14.8 Å². The zero-order valence-electron chi connectivity index (χ0n) is 14.1. The van der Waals surface area contributed by atoms with Gasteiger partial charge in [-0.2, -0.15) is 4.80 Å². The smallest absolute Gasteiger partial charge is 0.223 e. The molecule has 1 aliphatic heterocycles. The highest BCUT2D eigenvalue weighted by Gasteiger charge is 2.28. The molecule has 0 bridgehead atoms. The van der Waals surface area contributed by atoms with E-state index in [9.17, 15) is 4.79 Å². The predicted octanol–water partition coefficient (Wildman–Crippen LogP) is -0.358. The van der Waals surface area contributed by atoms with Crippen LogP contribution in [0.15, 0.2) is 18.6 Å². The van der Waals surface area contributed by atoms with Crippen LogP contribution in [0.1, 0.15) is 24.0 Å². The second-order valence-electron chi connectivity index (χ2n) is 5.63. The molecule has 1 saturated heterocycles. The molecule has 0 spiro atoms. The number of carbonyl (C=O) groups is 1. The molecule has 0 N–H and O–H groups in total. The molecule has 3 heterocycles. The second-order valence-corrected chi connectivity index (χ2v) is 5.63. The fourth-order valence-corrected chi connectivity index (χ4v) is 2.54. The number of rotatable bonds is 7. The summed E-state index contributed by atoms with van der Waals surface area (Å²) in [6.45, 7) is 2.47. The van der Waals surface area contributed by atoms with E-state index in [4.69, 9.17) is 9.47 Å². The molecule has 1 unspecified atom stereocenters. The van der Waals surface area contributed by atoms with Gasteiger partial charge in [0.05, 0.1) is 32.0 Å². The third-order valence-corrected chi connectivity index (χ3v) is 3.88. The molecular weight excluding hydrogens is 326 g/mol. The van der Waals surface area contributed by atoms with Gasteiger partial charge in [0.15, 0.2) is 0 Å². The van der Waals surface area contributed by atoms with E-state index in [1.165, 1.54) is 4.80 Å². The van der Waals surface area contributed by atoms with Gasteiger partial charge in [0.2, 0.25) is 11.7 Å². The lowest BCUT2D eigenvalue weighted by Gasteiger charge is -2.31. The minimum absolute atomic E-state index is 0.0609. The van der Waals surface area contributed by atoms with Crippen molar-refractivity contribution in [1.82, 2.24) is 35.1 Å². The van der Waals surface area contributed by atoms with E-state index in [0.29, 0.717) is 51.5 Å². The molecule has 10 nitrogen and oxygen atoms in total. The molecule has 134 valence electrons. The molecule has 25 heavy (non-hydrogen) atoms. The Kier molecular flexibility index (Phi) is 5.96. The lowest BCUT2D eigenvalue weighted by molar-refractivity contribution is -0.139. The SMILES string of the molecule is COCCn1nnc(C2CN(C(=O)CCc3cnccn3)CCO2)n1. The number of ether oxygens (including phenoxy) is 2. The molecule has 2 aromatic heterocycles. The Labute approximate surface area is 145 Å². The van der Waals surface area contributed by atoms with Gasteiger partial charge in [-0.25, -0.2) is 0 Å². The zero-order valence-corrected chi connectivity index (χ0v) is 14.1. The van der Waals surface area contributed by atoms with Gasteiger partial charge < -0.3 is 14.4 Å². The number of hydrogen-bond donors (Lipinski definition) is 0. The lowest BCUT2D eigenvalue weighted by atomic mass is 10.2. The number of aromatic nitrogens is 6. The van der Waals surface area contributed by atoms with E-state index in [2.05, 4.69) is 25.4 Å². The van der Waals surface area contributed by atoms with E-state index in [-0.39, 0.29) is 12.0 Å². The lowest BCUT2D eigenvalue weighted by Crippen LogP contribution is -2.42. The van der Waals surface area contributed by atoms with Crippen LogP contribution in [-0.4, -0.2) is 74.4 Å². The number of nitrogens with zero attached hydrogens (tertiary/aromatic N) is 7. The highest BCUT2D eigenvalue weighted by Crippen LogP contribution is 2.19. The summed E-state index contributed by atoms with van der Waals surface area (Å²) in [6, 6.07) is 0. The van der Waals surface area contributed by atoms with Gasteiger partial charge in [-0.15, -0.1) is 10.2 Å². The van der Waals surface area contributed by atoms with Crippen molar-refractivity contribution in [2.45, 2.75) is 25.5 Å². The number of morpholine rings is 1. The average molecular weight is 347 g/mol. The van der Waals surface area contributed by atoms with E-state index < -0.39 is 0 Å². The number of amides is 1. The summed E-state index contributed by atoms with van der Waals surface area (Å²) in [7, 11) is 1.62. The van der Waals surface area contributed by atoms with Crippen LogP contribution in [0.5, 0.6) is 0 Å². The Hall–Kier alpha value is -2.46. The summed E-state index contributed by atoms with van der Waals surface area (Å²) >= 11 is 0. The van der Waals surface area contributed by atoms with Crippen molar-refractivity contribution < 1.29 is 14.3 Å². The van der Waals surface area contributed by atoms with Crippen molar-refractivity contribution in [3.05, 3.63) is 30.1 Å². The molecule has 1 amide bonds. The number of methoxy groups -OCH3 is 1. The van der Waals surface area contributed by atoms with Crippen LogP contribution in [0.2, 0.25) is 0 Å². The standard InChI is InChI=1S/C15H21N7O3/c1-24-8-7-22-19-15(18-20-22)13-11-21(6-9-25-13)14(23)3-2-12-10-16-4-5-17-12/h4-5,10,13H,2-3,6-9,11H2,1H3. The average Bonchev–Trinajstić information content (AvgIpc) is 3.14. The maximum atomic E-state index is 12.4. The van der Waals surface area contributed by atoms with Crippen molar-refractivity contribution in [1.29, 1.82) is 0 Å². The Balaban J connectivity index is 1.53. The molecule has 2 aromatic rings. The van der Waals surface area contributed by atoms with Gasteiger partial charge in [-0.05, 0) is 11.6 Å². The highest BCUT2D eigenvalue weighted by atomic mass is 16.5. The first-order valence-electron chi connectivity index (χ1n) is 8.17. The first-order chi connectivity index (χ1) is 12.3. The maximum absolute atomic E-state index is 12.4. The third kappa shape index (κ3) is 4.77. The second kappa shape index (κ2) is 8.58. The summed E-state index contributed by atoms with van der Waals surface area (Å²) < 4.78 is 10.7. The van der Waals surface area contributed by atoms with Gasteiger partial charge in [0.1, 0.15) is 6.10 Å². The largest absolute Gasteiger partial charge is 0.383 e. The van der Waals surface area contributed by atoms with Crippen LogP contribution < -0.4 is 0 Å². The number of hydrogen-bond acceptors (Lipinski definition) is 8. The van der Waals surface area contributed by atoms with Crippen LogP contribution in [0.3, 0.4) is 0 Å². The minimum atomic E-state index is -0.356. The highest BCUT2D eigenvalue weighted by molar-refractivity contribution is 5.76. The summed E-state index contributed by atoms with van der Waals surface area (Å²) in [5, 5.41) is 12.3. The monoisotopic (exact) mass is 347 g/mol. The molecule has 1 fully saturated rings. The van der Waals surface area contributed by atoms with Gasteiger partial charge in [0, 0.05) is 38.7 Å². The molecule has 1 aliphatic rings. The van der Waals surface area contributed by atoms with Crippen molar-refractivity contribution in [3.8, 4) is 0 Å². The topological polar surface area (TPSA) is 108 Å². The summed E-state index contributed by atoms with van der Waals surface area (Å²) in [4.78, 5) is 23.9. The summed E-state index contributed by atoms with van der Waals surface area (Å²) in [5.41, 5.74) is 0.809.